The molecule has 0 heterocycles. The Morgan fingerprint density at radius 1 is 1.91 bits per heavy atom. The molecule has 6 heteroatoms. The van der Waals surface area contributed by atoms with Gasteiger partial charge in [0.1, 0.15) is 0 Å². The molecule has 1 N–H and O–H groups in total. The number of hydrogen-bond acceptors (Lipinski definition) is 4. The Hall–Kier alpha value is -0.510. The van der Waals surface area contributed by atoms with Crippen LogP contribution < -0.4 is 4.89 Å². The first-order chi connectivity index (χ1) is 5.07. The van der Waals surface area contributed by atoms with Gasteiger partial charge in [-0.1, -0.05) is 4.74 Å². The van der Waals surface area contributed by atoms with Crippen LogP contribution in [-0.2, 0) is 9.32 Å². The largest absolute Gasteiger partial charge is 0.584 e. The second kappa shape index (κ2) is 5.18. The third-order valence-corrected chi connectivity index (χ3v) is 1.88. The summed E-state index contributed by atoms with van der Waals surface area (Å²) >= 11 is 0. The van der Waals surface area contributed by atoms with E-state index in [9.17, 15) is 9.69 Å². The summed E-state index contributed by atoms with van der Waals surface area (Å²) in [6, 6.07) is -0.967. The SMILES string of the molecule is CCO[P+]([O-])=N[C@@H](C)C(=O)O. The quantitative estimate of drug-likeness (QED) is 0.631. The van der Waals surface area contributed by atoms with Crippen LogP contribution in [0.3, 0.4) is 0 Å². The van der Waals surface area contributed by atoms with Gasteiger partial charge in [-0.25, -0.2) is 4.79 Å². The van der Waals surface area contributed by atoms with E-state index >= 15 is 0 Å². The molecule has 0 rings (SSSR count). The van der Waals surface area contributed by atoms with Crippen LogP contribution in [0.4, 0.5) is 0 Å². The van der Waals surface area contributed by atoms with E-state index in [4.69, 9.17) is 5.11 Å². The van der Waals surface area contributed by atoms with Crippen LogP contribution in [0.1, 0.15) is 13.8 Å². The number of carboxylic acids is 1. The standard InChI is InChI=1S/C5H10NO4P/c1-3-10-11(9)6-4(2)5(7)8/h4H,3H2,1-2H3,(H,7,8)/t4-/m0/s1. The first-order valence-corrected chi connectivity index (χ1v) is 4.24. The summed E-state index contributed by atoms with van der Waals surface area (Å²) in [6.45, 7) is 3.27. The molecular weight excluding hydrogens is 169 g/mol. The van der Waals surface area contributed by atoms with Crippen LogP contribution in [-0.4, -0.2) is 23.7 Å². The number of hydrogen-bond donors (Lipinski definition) is 1. The molecule has 0 aromatic heterocycles. The minimum Gasteiger partial charge on any atom is -0.584 e. The molecule has 0 aromatic rings. The van der Waals surface area contributed by atoms with Gasteiger partial charge in [-0.3, -0.25) is 0 Å². The molecule has 0 bridgehead atoms. The Bertz CT molecular complexity index is 170. The second-order valence-electron chi connectivity index (χ2n) is 1.79. The summed E-state index contributed by atoms with van der Waals surface area (Å²) in [6.07, 6.45) is 0. The van der Waals surface area contributed by atoms with E-state index in [1.54, 1.807) is 6.92 Å². The van der Waals surface area contributed by atoms with Gasteiger partial charge in [0, 0.05) is 0 Å². The molecule has 5 nitrogen and oxygen atoms in total. The van der Waals surface area contributed by atoms with Crippen molar-refractivity contribution in [1.82, 2.24) is 0 Å². The van der Waals surface area contributed by atoms with Gasteiger partial charge in [0.25, 0.3) is 0 Å². The molecule has 0 aliphatic rings. The lowest BCUT2D eigenvalue weighted by molar-refractivity contribution is -0.175. The highest BCUT2D eigenvalue weighted by molar-refractivity contribution is 7.33. The molecule has 0 radical (unpaired) electrons. The van der Waals surface area contributed by atoms with E-state index in [0.717, 1.165) is 0 Å². The number of carboxylic acid groups (broad SMARTS) is 1. The highest BCUT2D eigenvalue weighted by Crippen LogP contribution is 2.16. The van der Waals surface area contributed by atoms with Crippen molar-refractivity contribution in [2.45, 2.75) is 19.9 Å². The van der Waals surface area contributed by atoms with Gasteiger partial charge in [0.15, 0.2) is 6.04 Å². The van der Waals surface area contributed by atoms with E-state index < -0.39 is 20.2 Å². The van der Waals surface area contributed by atoms with E-state index in [1.807, 2.05) is 0 Å². The minimum absolute atomic E-state index is 0.269. The fourth-order valence-corrected chi connectivity index (χ4v) is 1.00. The second-order valence-corrected chi connectivity index (χ2v) is 2.75. The maximum Gasteiger partial charge on any atom is 0.342 e. The van der Waals surface area contributed by atoms with Crippen molar-refractivity contribution in [2.24, 2.45) is 4.74 Å². The molecule has 0 spiro atoms. The van der Waals surface area contributed by atoms with Gasteiger partial charge in [-0.05, 0) is 13.8 Å². The van der Waals surface area contributed by atoms with Gasteiger partial charge in [-0.2, -0.15) is 4.52 Å². The maximum atomic E-state index is 10.7. The van der Waals surface area contributed by atoms with Crippen molar-refractivity contribution in [2.75, 3.05) is 6.61 Å². The van der Waals surface area contributed by atoms with E-state index in [2.05, 4.69) is 9.27 Å². The number of nitrogens with zero attached hydrogens (tertiary/aromatic N) is 1. The molecule has 0 saturated carbocycles. The van der Waals surface area contributed by atoms with E-state index in [-0.39, 0.29) is 6.61 Å². The van der Waals surface area contributed by atoms with Gasteiger partial charge < -0.3 is 10.00 Å². The van der Waals surface area contributed by atoms with Crippen LogP contribution in [0.15, 0.2) is 4.74 Å². The van der Waals surface area contributed by atoms with Crippen molar-refractivity contribution >= 4 is 14.1 Å². The van der Waals surface area contributed by atoms with Crippen LogP contribution in [0.25, 0.3) is 0 Å². The first-order valence-electron chi connectivity index (χ1n) is 3.11. The molecule has 0 fully saturated rings. The number of carbonyl (C=O) groups is 1. The minimum atomic E-state index is -2.16. The van der Waals surface area contributed by atoms with Gasteiger partial charge >= 0.3 is 14.1 Å². The Morgan fingerprint density at radius 3 is 2.82 bits per heavy atom. The Balaban J connectivity index is 3.96. The Morgan fingerprint density at radius 2 is 2.45 bits per heavy atom. The smallest absolute Gasteiger partial charge is 0.342 e. The summed E-state index contributed by atoms with van der Waals surface area (Å²) in [7, 11) is -2.16. The summed E-state index contributed by atoms with van der Waals surface area (Å²) in [5, 5.41) is 8.32. The van der Waals surface area contributed by atoms with Crippen LogP contribution in [0, 0.1) is 0 Å². The highest BCUT2D eigenvalue weighted by atomic mass is 31.1. The zero-order valence-corrected chi connectivity index (χ0v) is 7.25. The predicted molar refractivity (Wildman–Crippen MR) is 38.1 cm³/mol. The Labute approximate surface area is 65.6 Å². The van der Waals surface area contributed by atoms with Crippen molar-refractivity contribution < 1.29 is 19.3 Å². The molecule has 11 heavy (non-hydrogen) atoms. The number of aliphatic carboxylic acids is 1. The molecule has 0 saturated heterocycles. The lowest BCUT2D eigenvalue weighted by Crippen LogP contribution is -2.13. The molecule has 0 amide bonds. The van der Waals surface area contributed by atoms with Crippen molar-refractivity contribution in [3.63, 3.8) is 0 Å². The number of rotatable bonds is 4. The summed E-state index contributed by atoms with van der Waals surface area (Å²) in [4.78, 5) is 20.8. The molecular formula is C5H10NO4P. The third-order valence-electron chi connectivity index (χ3n) is 0.864. The van der Waals surface area contributed by atoms with E-state index in [0.29, 0.717) is 0 Å². The van der Waals surface area contributed by atoms with Gasteiger partial charge in [0.05, 0.1) is 6.61 Å². The topological polar surface area (TPSA) is 82.0 Å². The van der Waals surface area contributed by atoms with Crippen LogP contribution in [0.2, 0.25) is 0 Å². The molecule has 2 atom stereocenters. The molecule has 64 valence electrons. The summed E-state index contributed by atoms with van der Waals surface area (Å²) < 4.78 is 7.90. The zero-order valence-electron chi connectivity index (χ0n) is 6.35. The average molecular weight is 179 g/mol. The van der Waals surface area contributed by atoms with Crippen molar-refractivity contribution in [3.05, 3.63) is 0 Å². The van der Waals surface area contributed by atoms with E-state index in [1.165, 1.54) is 6.92 Å². The molecule has 0 aromatic carbocycles. The highest BCUT2D eigenvalue weighted by Gasteiger charge is 2.13. The molecule has 0 aliphatic carbocycles. The molecule has 1 unspecified atom stereocenters. The Kier molecular flexibility index (Phi) is 4.94. The average Bonchev–Trinajstić information content (AvgIpc) is 1.87. The normalized spacial score (nSPS) is 14.6. The van der Waals surface area contributed by atoms with Gasteiger partial charge in [-0.15, -0.1) is 0 Å². The van der Waals surface area contributed by atoms with Crippen LogP contribution in [0.5, 0.6) is 0 Å². The van der Waals surface area contributed by atoms with Crippen LogP contribution >= 0.6 is 8.17 Å². The zero-order chi connectivity index (χ0) is 8.85. The maximum absolute atomic E-state index is 10.7. The third kappa shape index (κ3) is 4.84. The molecule has 0 aliphatic heterocycles. The fraction of sp³-hybridized carbons (Fsp3) is 0.800. The first kappa shape index (κ1) is 10.5. The summed E-state index contributed by atoms with van der Waals surface area (Å²) in [5.74, 6) is -1.10. The monoisotopic (exact) mass is 179 g/mol. The van der Waals surface area contributed by atoms with Gasteiger partial charge in [0.2, 0.25) is 0 Å². The lowest BCUT2D eigenvalue weighted by Gasteiger charge is -1.95. The lowest BCUT2D eigenvalue weighted by atomic mass is 10.4. The fourth-order valence-electron chi connectivity index (χ4n) is 0.335. The van der Waals surface area contributed by atoms with Crippen molar-refractivity contribution in [3.8, 4) is 0 Å². The van der Waals surface area contributed by atoms with Crippen molar-refractivity contribution in [1.29, 1.82) is 0 Å². The predicted octanol–water partition coefficient (Wildman–Crippen LogP) is 0.352. The summed E-state index contributed by atoms with van der Waals surface area (Å²) in [5.41, 5.74) is 0.